The third-order valence-corrected chi connectivity index (χ3v) is 5.88. The Bertz CT molecular complexity index is 1090. The second-order valence-corrected chi connectivity index (χ2v) is 8.11. The van der Waals surface area contributed by atoms with E-state index in [0.29, 0.717) is 31.9 Å². The molecule has 1 saturated carbocycles. The topological polar surface area (TPSA) is 72.3 Å². The third-order valence-electron chi connectivity index (χ3n) is 5.88. The molecule has 166 valence electrons. The second-order valence-electron chi connectivity index (χ2n) is 8.11. The first kappa shape index (κ1) is 21.6. The fraction of sp³-hybridized carbons (Fsp3) is 0.450. The molecule has 6 nitrogen and oxygen atoms in total. The lowest BCUT2D eigenvalue weighted by Gasteiger charge is -2.38. The largest absolute Gasteiger partial charge is 0.421 e. The maximum Gasteiger partial charge on any atom is 0.421 e. The first-order chi connectivity index (χ1) is 14.5. The van der Waals surface area contributed by atoms with Crippen LogP contribution in [-0.4, -0.2) is 44.6 Å². The van der Waals surface area contributed by atoms with Crippen LogP contribution < -0.4 is 5.73 Å². The average molecular weight is 440 g/mol. The lowest BCUT2D eigenvalue weighted by Crippen LogP contribution is -2.46. The Kier molecular flexibility index (Phi) is 5.21. The van der Waals surface area contributed by atoms with Gasteiger partial charge in [0, 0.05) is 6.04 Å². The monoisotopic (exact) mass is 440 g/mol. The van der Waals surface area contributed by atoms with Gasteiger partial charge in [0.15, 0.2) is 17.3 Å². The Morgan fingerprint density at radius 3 is 2.26 bits per heavy atom. The normalized spacial score (nSPS) is 22.4. The van der Waals surface area contributed by atoms with Crippen LogP contribution in [0, 0.1) is 11.6 Å². The minimum atomic E-state index is -4.76. The summed E-state index contributed by atoms with van der Waals surface area (Å²) in [6, 6.07) is 3.40. The molecule has 0 unspecified atom stereocenters. The van der Waals surface area contributed by atoms with Crippen LogP contribution in [0.5, 0.6) is 0 Å². The Morgan fingerprint density at radius 2 is 1.71 bits per heavy atom. The van der Waals surface area contributed by atoms with E-state index in [4.69, 9.17) is 5.73 Å². The van der Waals surface area contributed by atoms with Crippen molar-refractivity contribution < 1.29 is 22.0 Å². The summed E-state index contributed by atoms with van der Waals surface area (Å²) in [7, 11) is 3.89. The van der Waals surface area contributed by atoms with E-state index in [2.05, 4.69) is 20.0 Å². The van der Waals surface area contributed by atoms with Crippen LogP contribution in [0.4, 0.5) is 22.0 Å². The molecular formula is C20H21F5N6. The van der Waals surface area contributed by atoms with Crippen molar-refractivity contribution in [3.63, 3.8) is 0 Å². The van der Waals surface area contributed by atoms with Crippen LogP contribution in [0.3, 0.4) is 0 Å². The number of halogens is 5. The van der Waals surface area contributed by atoms with Crippen LogP contribution in [-0.2, 0) is 11.7 Å². The van der Waals surface area contributed by atoms with Gasteiger partial charge in [-0.1, -0.05) is 6.07 Å². The van der Waals surface area contributed by atoms with Crippen molar-refractivity contribution in [1.29, 1.82) is 0 Å². The first-order valence-corrected chi connectivity index (χ1v) is 9.74. The lowest BCUT2D eigenvalue weighted by molar-refractivity contribution is -0.136. The summed E-state index contributed by atoms with van der Waals surface area (Å²) in [6.07, 6.45) is -1.92. The summed E-state index contributed by atoms with van der Waals surface area (Å²) in [5.41, 5.74) is 3.17. The molecule has 31 heavy (non-hydrogen) atoms. The van der Waals surface area contributed by atoms with Gasteiger partial charge in [0.1, 0.15) is 17.2 Å². The van der Waals surface area contributed by atoms with Gasteiger partial charge in [-0.25, -0.2) is 18.7 Å². The molecule has 11 heteroatoms. The van der Waals surface area contributed by atoms with Gasteiger partial charge in [0.05, 0.1) is 17.3 Å². The van der Waals surface area contributed by atoms with Crippen molar-refractivity contribution in [3.05, 3.63) is 47.4 Å². The fourth-order valence-electron chi connectivity index (χ4n) is 4.08. The zero-order valence-corrected chi connectivity index (χ0v) is 16.9. The van der Waals surface area contributed by atoms with Gasteiger partial charge in [-0.05, 0) is 51.9 Å². The first-order valence-electron chi connectivity index (χ1n) is 9.74. The maximum absolute atomic E-state index is 14.4. The molecule has 1 aliphatic carbocycles. The average Bonchev–Trinajstić information content (AvgIpc) is 3.12. The van der Waals surface area contributed by atoms with E-state index in [1.165, 1.54) is 0 Å². The standard InChI is InChI=1S/C20H21F5N6/c1-30(2)11-6-8-19(26,9-7-11)18-29-16(15-13(21)4-3-5-14(15)22)28-17-12(20(23,24)25)10-27-31(17)18/h3-5,10-11H,6-9,26H2,1-2H3. The summed E-state index contributed by atoms with van der Waals surface area (Å²) < 4.78 is 70.4. The lowest BCUT2D eigenvalue weighted by atomic mass is 9.79. The van der Waals surface area contributed by atoms with Crippen molar-refractivity contribution in [2.75, 3.05) is 14.1 Å². The molecular weight excluding hydrogens is 419 g/mol. The summed E-state index contributed by atoms with van der Waals surface area (Å²) in [5, 5.41) is 3.83. The molecule has 2 heterocycles. The van der Waals surface area contributed by atoms with Gasteiger partial charge in [-0.3, -0.25) is 0 Å². The number of hydrogen-bond donors (Lipinski definition) is 1. The molecule has 2 aromatic heterocycles. The molecule has 0 radical (unpaired) electrons. The Morgan fingerprint density at radius 1 is 1.10 bits per heavy atom. The van der Waals surface area contributed by atoms with E-state index >= 15 is 0 Å². The highest BCUT2D eigenvalue weighted by Gasteiger charge is 2.41. The number of nitrogens with two attached hydrogens (primary N) is 1. The molecule has 1 aromatic carbocycles. The van der Waals surface area contributed by atoms with Crippen LogP contribution in [0.15, 0.2) is 24.4 Å². The molecule has 2 N–H and O–H groups in total. The van der Waals surface area contributed by atoms with Gasteiger partial charge in [0.2, 0.25) is 0 Å². The molecule has 1 fully saturated rings. The second kappa shape index (κ2) is 7.49. The third kappa shape index (κ3) is 3.76. The molecule has 0 bridgehead atoms. The number of alkyl halides is 3. The highest BCUT2D eigenvalue weighted by atomic mass is 19.4. The Labute approximate surface area is 174 Å². The fourth-order valence-corrected chi connectivity index (χ4v) is 4.08. The SMILES string of the molecule is CN(C)C1CCC(N)(c2nc(-c3c(F)cccc3F)nc3c(C(F)(F)F)cnn23)CC1. The van der Waals surface area contributed by atoms with E-state index in [0.717, 1.165) is 22.7 Å². The summed E-state index contributed by atoms with van der Waals surface area (Å²) in [4.78, 5) is 10.2. The number of nitrogens with zero attached hydrogens (tertiary/aromatic N) is 5. The van der Waals surface area contributed by atoms with Gasteiger partial charge in [-0.2, -0.15) is 22.8 Å². The number of benzene rings is 1. The van der Waals surface area contributed by atoms with Crippen molar-refractivity contribution in [2.24, 2.45) is 5.73 Å². The van der Waals surface area contributed by atoms with E-state index < -0.39 is 45.9 Å². The molecule has 3 aromatic rings. The minimum Gasteiger partial charge on any atom is -0.319 e. The van der Waals surface area contributed by atoms with E-state index in [1.807, 2.05) is 14.1 Å². The number of fused-ring (bicyclic) bond motifs is 1. The van der Waals surface area contributed by atoms with Crippen molar-refractivity contribution in [2.45, 2.75) is 43.4 Å². The van der Waals surface area contributed by atoms with Crippen LogP contribution in [0.2, 0.25) is 0 Å². The molecule has 0 atom stereocenters. The van der Waals surface area contributed by atoms with Crippen LogP contribution in [0.1, 0.15) is 37.1 Å². The highest BCUT2D eigenvalue weighted by molar-refractivity contribution is 5.61. The van der Waals surface area contributed by atoms with Crippen LogP contribution in [0.25, 0.3) is 17.0 Å². The van der Waals surface area contributed by atoms with Gasteiger partial charge >= 0.3 is 6.18 Å². The zero-order chi connectivity index (χ0) is 22.6. The minimum absolute atomic E-state index is 0.00265. The quantitative estimate of drug-likeness (QED) is 0.629. The van der Waals surface area contributed by atoms with Crippen molar-refractivity contribution in [1.82, 2.24) is 24.5 Å². The number of hydrogen-bond acceptors (Lipinski definition) is 5. The van der Waals surface area contributed by atoms with Gasteiger partial charge in [-0.15, -0.1) is 0 Å². The van der Waals surface area contributed by atoms with E-state index in [-0.39, 0.29) is 11.9 Å². The smallest absolute Gasteiger partial charge is 0.319 e. The van der Waals surface area contributed by atoms with Crippen LogP contribution >= 0.6 is 0 Å². The molecule has 0 spiro atoms. The van der Waals surface area contributed by atoms with E-state index in [1.54, 1.807) is 0 Å². The van der Waals surface area contributed by atoms with Gasteiger partial charge < -0.3 is 10.6 Å². The maximum atomic E-state index is 14.4. The molecule has 0 saturated heterocycles. The Balaban J connectivity index is 1.94. The summed E-state index contributed by atoms with van der Waals surface area (Å²) in [5.74, 6) is -2.46. The van der Waals surface area contributed by atoms with Gasteiger partial charge in [0.25, 0.3) is 0 Å². The zero-order valence-electron chi connectivity index (χ0n) is 16.9. The predicted octanol–water partition coefficient (Wildman–Crippen LogP) is 3.75. The summed E-state index contributed by atoms with van der Waals surface area (Å²) in [6.45, 7) is 0. The predicted molar refractivity (Wildman–Crippen MR) is 103 cm³/mol. The molecule has 1 aliphatic rings. The highest BCUT2D eigenvalue weighted by Crippen LogP contribution is 2.38. The van der Waals surface area contributed by atoms with Crippen molar-refractivity contribution >= 4 is 5.65 Å². The number of aromatic nitrogens is 4. The molecule has 0 amide bonds. The number of rotatable bonds is 3. The molecule has 4 rings (SSSR count). The molecule has 0 aliphatic heterocycles. The van der Waals surface area contributed by atoms with E-state index in [9.17, 15) is 22.0 Å². The van der Waals surface area contributed by atoms with Crippen molar-refractivity contribution in [3.8, 4) is 11.4 Å². The summed E-state index contributed by atoms with van der Waals surface area (Å²) >= 11 is 0. The Hall–Kier alpha value is -2.66.